The number of halogens is 3. The molecule has 2 aromatic rings. The van der Waals surface area contributed by atoms with Gasteiger partial charge in [0, 0.05) is 13.2 Å². The predicted octanol–water partition coefficient (Wildman–Crippen LogP) is 2.20. The highest BCUT2D eigenvalue weighted by molar-refractivity contribution is 5.94. The van der Waals surface area contributed by atoms with Gasteiger partial charge < -0.3 is 5.11 Å². The number of hydrogen-bond donors (Lipinski definition) is 1. The van der Waals surface area contributed by atoms with Crippen molar-refractivity contribution in [1.29, 1.82) is 0 Å². The molecular weight excluding hydrogens is 263 g/mol. The van der Waals surface area contributed by atoms with Crippen molar-refractivity contribution in [1.82, 2.24) is 14.8 Å². The zero-order valence-electron chi connectivity index (χ0n) is 9.64. The number of aromatic carboxylic acids is 1. The van der Waals surface area contributed by atoms with E-state index in [1.165, 1.54) is 13.2 Å². The summed E-state index contributed by atoms with van der Waals surface area (Å²) in [4.78, 5) is 14.7. The third-order valence-electron chi connectivity index (χ3n) is 2.51. The maximum Gasteiger partial charge on any atom is 0.418 e. The van der Waals surface area contributed by atoms with Gasteiger partial charge in [-0.25, -0.2) is 4.79 Å². The molecule has 0 aromatic carbocycles. The Labute approximate surface area is 105 Å². The number of rotatable bonds is 2. The molecule has 0 atom stereocenters. The van der Waals surface area contributed by atoms with Gasteiger partial charge in [0.1, 0.15) is 17.0 Å². The first-order chi connectivity index (χ1) is 8.82. The lowest BCUT2D eigenvalue weighted by Gasteiger charge is -2.12. The van der Waals surface area contributed by atoms with Crippen LogP contribution < -0.4 is 0 Å². The number of nitrogens with zero attached hydrogens (tertiary/aromatic N) is 3. The topological polar surface area (TPSA) is 68.0 Å². The summed E-state index contributed by atoms with van der Waals surface area (Å²) < 4.78 is 39.7. The number of aryl methyl sites for hydroxylation is 1. The van der Waals surface area contributed by atoms with Gasteiger partial charge >= 0.3 is 12.1 Å². The number of aromatic nitrogens is 3. The molecule has 0 saturated carbocycles. The molecule has 0 fully saturated rings. The SMILES string of the molecule is Cn1ncc(C(=O)O)c1-c1ncccc1C(F)(F)F. The smallest absolute Gasteiger partial charge is 0.418 e. The first kappa shape index (κ1) is 13.1. The summed E-state index contributed by atoms with van der Waals surface area (Å²) in [5.41, 5.74) is -1.96. The van der Waals surface area contributed by atoms with Gasteiger partial charge in [-0.1, -0.05) is 0 Å². The third kappa shape index (κ3) is 2.28. The number of carbonyl (C=O) groups is 1. The van der Waals surface area contributed by atoms with Crippen molar-refractivity contribution in [2.45, 2.75) is 6.18 Å². The van der Waals surface area contributed by atoms with Crippen molar-refractivity contribution in [3.05, 3.63) is 35.7 Å². The van der Waals surface area contributed by atoms with Crippen molar-refractivity contribution >= 4 is 5.97 Å². The standard InChI is InChI=1S/C11H8F3N3O2/c1-17-9(6(5-16-17)10(18)19)8-7(11(12,13)14)3-2-4-15-8/h2-5H,1H3,(H,18,19). The molecule has 0 saturated heterocycles. The molecule has 5 nitrogen and oxygen atoms in total. The van der Waals surface area contributed by atoms with Crippen LogP contribution in [0.2, 0.25) is 0 Å². The van der Waals surface area contributed by atoms with Gasteiger partial charge in [-0.15, -0.1) is 0 Å². The van der Waals surface area contributed by atoms with Crippen LogP contribution >= 0.6 is 0 Å². The quantitative estimate of drug-likeness (QED) is 0.909. The molecule has 0 amide bonds. The van der Waals surface area contributed by atoms with E-state index in [0.29, 0.717) is 0 Å². The maximum atomic E-state index is 12.9. The highest BCUT2D eigenvalue weighted by atomic mass is 19.4. The maximum absolute atomic E-state index is 12.9. The fraction of sp³-hybridized carbons (Fsp3) is 0.182. The molecule has 0 aliphatic carbocycles. The van der Waals surface area contributed by atoms with E-state index in [2.05, 4.69) is 10.1 Å². The first-order valence-corrected chi connectivity index (χ1v) is 5.10. The van der Waals surface area contributed by atoms with Crippen LogP contribution in [-0.4, -0.2) is 25.8 Å². The second-order valence-electron chi connectivity index (χ2n) is 3.73. The summed E-state index contributed by atoms with van der Waals surface area (Å²) in [5.74, 6) is -1.36. The van der Waals surface area contributed by atoms with Crippen molar-refractivity contribution in [3.8, 4) is 11.4 Å². The minimum Gasteiger partial charge on any atom is -0.478 e. The summed E-state index contributed by atoms with van der Waals surface area (Å²) in [7, 11) is 1.36. The Kier molecular flexibility index (Phi) is 3.01. The van der Waals surface area contributed by atoms with Crippen molar-refractivity contribution < 1.29 is 23.1 Å². The van der Waals surface area contributed by atoms with Gasteiger partial charge in [-0.2, -0.15) is 18.3 Å². The average Bonchev–Trinajstić information content (AvgIpc) is 2.70. The molecule has 0 aliphatic rings. The Morgan fingerprint density at radius 2 is 2.11 bits per heavy atom. The normalized spacial score (nSPS) is 11.6. The van der Waals surface area contributed by atoms with Crippen LogP contribution in [0.3, 0.4) is 0 Å². The monoisotopic (exact) mass is 271 g/mol. The number of hydrogen-bond acceptors (Lipinski definition) is 3. The molecule has 8 heteroatoms. The first-order valence-electron chi connectivity index (χ1n) is 5.10. The summed E-state index contributed by atoms with van der Waals surface area (Å²) in [6, 6.07) is 1.99. The van der Waals surface area contributed by atoms with Crippen LogP contribution in [0.15, 0.2) is 24.5 Å². The van der Waals surface area contributed by atoms with Crippen molar-refractivity contribution in [2.24, 2.45) is 7.05 Å². The molecule has 2 rings (SSSR count). The fourth-order valence-corrected chi connectivity index (χ4v) is 1.70. The largest absolute Gasteiger partial charge is 0.478 e. The molecule has 2 heterocycles. The average molecular weight is 271 g/mol. The second kappa shape index (κ2) is 4.38. The van der Waals surface area contributed by atoms with E-state index in [-0.39, 0.29) is 11.3 Å². The fourth-order valence-electron chi connectivity index (χ4n) is 1.70. The van der Waals surface area contributed by atoms with E-state index in [9.17, 15) is 18.0 Å². The molecule has 19 heavy (non-hydrogen) atoms. The second-order valence-corrected chi connectivity index (χ2v) is 3.73. The zero-order valence-corrected chi connectivity index (χ0v) is 9.64. The molecule has 0 bridgehead atoms. The summed E-state index contributed by atoms with van der Waals surface area (Å²) in [6.07, 6.45) is -2.46. The highest BCUT2D eigenvalue weighted by Gasteiger charge is 2.36. The lowest BCUT2D eigenvalue weighted by Crippen LogP contribution is -2.11. The van der Waals surface area contributed by atoms with Gasteiger partial charge in [0.25, 0.3) is 0 Å². The molecule has 0 aliphatic heterocycles. The Morgan fingerprint density at radius 1 is 1.42 bits per heavy atom. The van der Waals surface area contributed by atoms with Crippen LogP contribution in [0.25, 0.3) is 11.4 Å². The number of carboxylic acid groups (broad SMARTS) is 1. The summed E-state index contributed by atoms with van der Waals surface area (Å²) in [6.45, 7) is 0. The van der Waals surface area contributed by atoms with E-state index in [1.54, 1.807) is 0 Å². The Morgan fingerprint density at radius 3 is 2.68 bits per heavy atom. The molecule has 0 unspecified atom stereocenters. The van der Waals surface area contributed by atoms with Crippen LogP contribution in [0.4, 0.5) is 13.2 Å². The molecule has 100 valence electrons. The third-order valence-corrected chi connectivity index (χ3v) is 2.51. The van der Waals surface area contributed by atoms with Crippen LogP contribution in [0.5, 0.6) is 0 Å². The van der Waals surface area contributed by atoms with Gasteiger partial charge in [0.2, 0.25) is 0 Å². The Bertz CT molecular complexity index is 634. The number of alkyl halides is 3. The molecular formula is C11H8F3N3O2. The molecule has 2 aromatic heterocycles. The molecule has 0 spiro atoms. The lowest BCUT2D eigenvalue weighted by molar-refractivity contribution is -0.137. The van der Waals surface area contributed by atoms with Gasteiger partial charge in [0.15, 0.2) is 0 Å². The van der Waals surface area contributed by atoms with Gasteiger partial charge in [-0.3, -0.25) is 9.67 Å². The Hall–Kier alpha value is -2.38. The minimum absolute atomic E-state index is 0.180. The van der Waals surface area contributed by atoms with E-state index in [0.717, 1.165) is 23.0 Å². The molecule has 1 N–H and O–H groups in total. The van der Waals surface area contributed by atoms with E-state index >= 15 is 0 Å². The van der Waals surface area contributed by atoms with E-state index in [4.69, 9.17) is 5.11 Å². The zero-order chi connectivity index (χ0) is 14.2. The summed E-state index contributed by atoms with van der Waals surface area (Å²) in [5, 5.41) is 12.6. The highest BCUT2D eigenvalue weighted by Crippen LogP contribution is 2.36. The minimum atomic E-state index is -4.62. The van der Waals surface area contributed by atoms with Gasteiger partial charge in [-0.05, 0) is 12.1 Å². The van der Waals surface area contributed by atoms with Crippen LogP contribution in [-0.2, 0) is 13.2 Å². The van der Waals surface area contributed by atoms with E-state index < -0.39 is 23.4 Å². The van der Waals surface area contributed by atoms with Crippen LogP contribution in [0.1, 0.15) is 15.9 Å². The van der Waals surface area contributed by atoms with Gasteiger partial charge in [0.05, 0.1) is 11.8 Å². The molecule has 0 radical (unpaired) electrons. The number of pyridine rings is 1. The lowest BCUT2D eigenvalue weighted by atomic mass is 10.1. The van der Waals surface area contributed by atoms with Crippen molar-refractivity contribution in [3.63, 3.8) is 0 Å². The van der Waals surface area contributed by atoms with E-state index in [1.807, 2.05) is 0 Å². The van der Waals surface area contributed by atoms with Crippen LogP contribution in [0, 0.1) is 0 Å². The predicted molar refractivity (Wildman–Crippen MR) is 58.4 cm³/mol. The summed E-state index contributed by atoms with van der Waals surface area (Å²) >= 11 is 0. The number of carboxylic acids is 1. The Balaban J connectivity index is 2.73. The van der Waals surface area contributed by atoms with Crippen molar-refractivity contribution in [2.75, 3.05) is 0 Å².